The fourth-order valence-corrected chi connectivity index (χ4v) is 1.10. The Balaban J connectivity index is 2.89. The van der Waals surface area contributed by atoms with E-state index in [2.05, 4.69) is 9.72 Å². The summed E-state index contributed by atoms with van der Waals surface area (Å²) in [6.45, 7) is 0. The first-order valence-electron chi connectivity index (χ1n) is 3.88. The molecule has 0 radical (unpaired) electrons. The van der Waals surface area contributed by atoms with Gasteiger partial charge in [0.05, 0.1) is 17.7 Å². The molecule has 0 fully saturated rings. The van der Waals surface area contributed by atoms with Crippen LogP contribution < -0.4 is 0 Å². The average molecular weight is 231 g/mol. The molecule has 7 heteroatoms. The van der Waals surface area contributed by atoms with Crippen molar-refractivity contribution in [3.05, 3.63) is 34.1 Å². The minimum Gasteiger partial charge on any atom is -0.468 e. The van der Waals surface area contributed by atoms with E-state index in [0.717, 1.165) is 6.20 Å². The number of aromatic nitrogens is 1. The summed E-state index contributed by atoms with van der Waals surface area (Å²) in [6, 6.07) is 2.54. The SMILES string of the molecule is COC(=O)C(Cl)c1ccc([N+](=O)[O-])cn1. The van der Waals surface area contributed by atoms with Crippen molar-refractivity contribution in [1.29, 1.82) is 0 Å². The van der Waals surface area contributed by atoms with Gasteiger partial charge >= 0.3 is 5.97 Å². The molecule has 0 amide bonds. The maximum absolute atomic E-state index is 11.0. The van der Waals surface area contributed by atoms with Crippen LogP contribution in [0.1, 0.15) is 11.1 Å². The Morgan fingerprint density at radius 2 is 2.33 bits per heavy atom. The minimum absolute atomic E-state index is 0.160. The molecular formula is C8H7ClN2O4. The van der Waals surface area contributed by atoms with Crippen LogP contribution in [0.15, 0.2) is 18.3 Å². The van der Waals surface area contributed by atoms with Gasteiger partial charge in [0.1, 0.15) is 6.20 Å². The quantitative estimate of drug-likeness (QED) is 0.340. The third-order valence-electron chi connectivity index (χ3n) is 1.65. The molecule has 0 saturated carbocycles. The number of rotatable bonds is 3. The lowest BCUT2D eigenvalue weighted by atomic mass is 10.2. The van der Waals surface area contributed by atoms with Crippen LogP contribution >= 0.6 is 11.6 Å². The molecule has 15 heavy (non-hydrogen) atoms. The second-order valence-corrected chi connectivity index (χ2v) is 3.02. The number of nitro groups is 1. The molecule has 0 saturated heterocycles. The van der Waals surface area contributed by atoms with Crippen LogP contribution in [-0.4, -0.2) is 23.0 Å². The van der Waals surface area contributed by atoms with E-state index in [1.807, 2.05) is 0 Å². The normalized spacial score (nSPS) is 11.9. The Kier molecular flexibility index (Phi) is 3.56. The largest absolute Gasteiger partial charge is 0.468 e. The fourth-order valence-electron chi connectivity index (χ4n) is 0.880. The number of hydrogen-bond donors (Lipinski definition) is 0. The lowest BCUT2D eigenvalue weighted by Crippen LogP contribution is -2.10. The summed E-state index contributed by atoms with van der Waals surface area (Å²) in [5.74, 6) is -0.655. The predicted molar refractivity (Wildman–Crippen MR) is 51.5 cm³/mol. The Labute approximate surface area is 90.0 Å². The van der Waals surface area contributed by atoms with Crippen molar-refractivity contribution in [3.63, 3.8) is 0 Å². The van der Waals surface area contributed by atoms with Gasteiger partial charge < -0.3 is 4.74 Å². The third-order valence-corrected chi connectivity index (χ3v) is 2.05. The van der Waals surface area contributed by atoms with Crippen molar-refractivity contribution in [2.45, 2.75) is 5.38 Å². The summed E-state index contributed by atoms with van der Waals surface area (Å²) in [6.07, 6.45) is 1.04. The van der Waals surface area contributed by atoms with Gasteiger partial charge in [-0.05, 0) is 6.07 Å². The second-order valence-electron chi connectivity index (χ2n) is 2.58. The molecule has 0 N–H and O–H groups in total. The zero-order valence-corrected chi connectivity index (χ0v) is 8.47. The molecule has 1 heterocycles. The molecular weight excluding hydrogens is 224 g/mol. The maximum Gasteiger partial charge on any atom is 0.329 e. The fraction of sp³-hybridized carbons (Fsp3) is 0.250. The van der Waals surface area contributed by atoms with Crippen LogP contribution in [0.3, 0.4) is 0 Å². The van der Waals surface area contributed by atoms with Gasteiger partial charge in [0.2, 0.25) is 0 Å². The molecule has 1 rings (SSSR count). The Morgan fingerprint density at radius 1 is 1.67 bits per heavy atom. The molecule has 0 aliphatic heterocycles. The molecule has 1 aromatic rings. The minimum atomic E-state index is -1.05. The van der Waals surface area contributed by atoms with E-state index in [9.17, 15) is 14.9 Å². The van der Waals surface area contributed by atoms with Crippen molar-refractivity contribution in [1.82, 2.24) is 4.98 Å². The summed E-state index contributed by atoms with van der Waals surface area (Å²) in [5.41, 5.74) is 0.0570. The van der Waals surface area contributed by atoms with E-state index < -0.39 is 16.3 Å². The maximum atomic E-state index is 11.0. The van der Waals surface area contributed by atoms with Gasteiger partial charge in [-0.1, -0.05) is 0 Å². The molecule has 80 valence electrons. The summed E-state index contributed by atoms with van der Waals surface area (Å²) in [4.78, 5) is 24.4. The Hall–Kier alpha value is -1.69. The van der Waals surface area contributed by atoms with Crippen molar-refractivity contribution in [2.24, 2.45) is 0 Å². The molecule has 0 aliphatic carbocycles. The van der Waals surface area contributed by atoms with E-state index in [0.29, 0.717) is 0 Å². The van der Waals surface area contributed by atoms with Gasteiger partial charge in [-0.25, -0.2) is 0 Å². The molecule has 0 bridgehead atoms. The Morgan fingerprint density at radius 3 is 2.73 bits per heavy atom. The van der Waals surface area contributed by atoms with E-state index in [-0.39, 0.29) is 11.4 Å². The number of carbonyl (C=O) groups is 1. The van der Waals surface area contributed by atoms with Gasteiger partial charge in [0.15, 0.2) is 5.38 Å². The number of ether oxygens (including phenoxy) is 1. The second kappa shape index (κ2) is 4.70. The van der Waals surface area contributed by atoms with Crippen LogP contribution in [0.4, 0.5) is 5.69 Å². The van der Waals surface area contributed by atoms with E-state index >= 15 is 0 Å². The number of methoxy groups -OCH3 is 1. The van der Waals surface area contributed by atoms with E-state index in [4.69, 9.17) is 11.6 Å². The van der Waals surface area contributed by atoms with Crippen LogP contribution in [0.25, 0.3) is 0 Å². The predicted octanol–water partition coefficient (Wildman–Crippen LogP) is 1.44. The standard InChI is InChI=1S/C8H7ClN2O4/c1-15-8(12)7(9)6-3-2-5(4-10-6)11(13)14/h2-4,7H,1H3. The van der Waals surface area contributed by atoms with Crippen molar-refractivity contribution < 1.29 is 14.5 Å². The van der Waals surface area contributed by atoms with Crippen LogP contribution in [0, 0.1) is 10.1 Å². The highest BCUT2D eigenvalue weighted by atomic mass is 35.5. The first-order valence-corrected chi connectivity index (χ1v) is 4.32. The van der Waals surface area contributed by atoms with E-state index in [1.54, 1.807) is 0 Å². The van der Waals surface area contributed by atoms with E-state index in [1.165, 1.54) is 19.2 Å². The molecule has 0 aliphatic rings. The Bertz CT molecular complexity index is 379. The highest BCUT2D eigenvalue weighted by Gasteiger charge is 2.20. The third kappa shape index (κ3) is 2.63. The smallest absolute Gasteiger partial charge is 0.329 e. The first kappa shape index (κ1) is 11.4. The number of pyridine rings is 1. The average Bonchev–Trinajstić information content (AvgIpc) is 2.27. The van der Waals surface area contributed by atoms with Gasteiger partial charge in [-0.2, -0.15) is 0 Å². The molecule has 0 aromatic carbocycles. The molecule has 1 aromatic heterocycles. The zero-order chi connectivity index (χ0) is 11.4. The zero-order valence-electron chi connectivity index (χ0n) is 7.71. The topological polar surface area (TPSA) is 82.3 Å². The lowest BCUT2D eigenvalue weighted by Gasteiger charge is -2.05. The van der Waals surface area contributed by atoms with Crippen molar-refractivity contribution in [2.75, 3.05) is 7.11 Å². The molecule has 1 unspecified atom stereocenters. The van der Waals surface area contributed by atoms with Crippen molar-refractivity contribution >= 4 is 23.3 Å². The number of alkyl halides is 1. The molecule has 0 spiro atoms. The summed E-state index contributed by atoms with van der Waals surface area (Å²) < 4.78 is 4.40. The molecule has 1 atom stereocenters. The van der Waals surface area contributed by atoms with Gasteiger partial charge in [-0.3, -0.25) is 19.9 Å². The van der Waals surface area contributed by atoms with Gasteiger partial charge in [0, 0.05) is 6.07 Å². The summed E-state index contributed by atoms with van der Waals surface area (Å²) in [5, 5.41) is 9.27. The first-order chi connectivity index (χ1) is 7.06. The highest BCUT2D eigenvalue weighted by Crippen LogP contribution is 2.21. The summed E-state index contributed by atoms with van der Waals surface area (Å²) in [7, 11) is 1.20. The molecule has 6 nitrogen and oxygen atoms in total. The lowest BCUT2D eigenvalue weighted by molar-refractivity contribution is -0.385. The van der Waals surface area contributed by atoms with Crippen LogP contribution in [0.5, 0.6) is 0 Å². The van der Waals surface area contributed by atoms with Gasteiger partial charge in [0.25, 0.3) is 5.69 Å². The summed E-state index contributed by atoms with van der Waals surface area (Å²) >= 11 is 5.68. The number of hydrogen-bond acceptors (Lipinski definition) is 5. The number of carbonyl (C=O) groups excluding carboxylic acids is 1. The van der Waals surface area contributed by atoms with Crippen LogP contribution in [0.2, 0.25) is 0 Å². The highest BCUT2D eigenvalue weighted by molar-refractivity contribution is 6.29. The van der Waals surface area contributed by atoms with Crippen molar-refractivity contribution in [3.8, 4) is 0 Å². The number of nitrogens with zero attached hydrogens (tertiary/aromatic N) is 2. The van der Waals surface area contributed by atoms with Gasteiger partial charge in [-0.15, -0.1) is 11.6 Å². The monoisotopic (exact) mass is 230 g/mol. The number of esters is 1. The number of halogens is 1. The van der Waals surface area contributed by atoms with Crippen LogP contribution in [-0.2, 0) is 9.53 Å².